The first kappa shape index (κ1) is 23.3. The zero-order valence-electron chi connectivity index (χ0n) is 18.4. The number of ketones is 1. The summed E-state index contributed by atoms with van der Waals surface area (Å²) in [5.74, 6) is -1.97. The lowest BCUT2D eigenvalue weighted by Gasteiger charge is -2.25. The quantitative estimate of drug-likeness (QED) is 0.423. The highest BCUT2D eigenvalue weighted by atomic mass is 35.5. The first-order valence-electron chi connectivity index (χ1n) is 11.5. The van der Waals surface area contributed by atoms with Gasteiger partial charge in [0.05, 0.1) is 6.04 Å². The van der Waals surface area contributed by atoms with E-state index in [1.807, 2.05) is 6.07 Å². The van der Waals surface area contributed by atoms with Crippen LogP contribution in [0.5, 0.6) is 0 Å². The maximum Gasteiger partial charge on any atom is 0.268 e. The molecule has 1 aliphatic heterocycles. The third-order valence-corrected chi connectivity index (χ3v) is 6.84. The normalized spacial score (nSPS) is 20.2. The first-order chi connectivity index (χ1) is 15.8. The molecule has 0 bridgehead atoms. The molecule has 1 aliphatic carbocycles. The fraction of sp³-hybridized carbons (Fsp3) is 0.500. The van der Waals surface area contributed by atoms with Crippen LogP contribution in [0.1, 0.15) is 55.4 Å². The van der Waals surface area contributed by atoms with Gasteiger partial charge >= 0.3 is 0 Å². The number of hydrogen-bond acceptors (Lipinski definition) is 4. The number of carbonyl (C=O) groups excluding carboxylic acids is 4. The van der Waals surface area contributed by atoms with Crippen LogP contribution in [0.25, 0.3) is 10.9 Å². The van der Waals surface area contributed by atoms with Gasteiger partial charge in [-0.15, -0.1) is 0 Å². The Balaban J connectivity index is 1.44. The summed E-state index contributed by atoms with van der Waals surface area (Å²) in [5.41, 5.74) is 6.66. The van der Waals surface area contributed by atoms with Gasteiger partial charge < -0.3 is 21.4 Å². The second kappa shape index (κ2) is 9.95. The molecule has 0 spiro atoms. The summed E-state index contributed by atoms with van der Waals surface area (Å²) in [6, 6.07) is 6.31. The van der Waals surface area contributed by atoms with E-state index in [2.05, 4.69) is 15.6 Å². The van der Waals surface area contributed by atoms with Gasteiger partial charge in [0.25, 0.3) is 5.91 Å². The molecular formula is C24H29ClN4O4. The smallest absolute Gasteiger partial charge is 0.268 e. The molecule has 0 unspecified atom stereocenters. The number of benzene rings is 1. The molecule has 2 aromatic rings. The van der Waals surface area contributed by atoms with Crippen LogP contribution in [0.3, 0.4) is 0 Å². The average molecular weight is 473 g/mol. The number of primary amides is 1. The van der Waals surface area contributed by atoms with E-state index in [4.69, 9.17) is 17.3 Å². The van der Waals surface area contributed by atoms with E-state index in [-0.39, 0.29) is 36.4 Å². The number of halogens is 1. The molecule has 1 aromatic heterocycles. The maximum atomic E-state index is 13.2. The number of aromatic amines is 1. The number of nitrogens with one attached hydrogen (secondary N) is 3. The Hall–Kier alpha value is -2.87. The fourth-order valence-electron chi connectivity index (χ4n) is 4.50. The molecule has 2 heterocycles. The highest BCUT2D eigenvalue weighted by Crippen LogP contribution is 2.34. The lowest BCUT2D eigenvalue weighted by atomic mass is 9.84. The number of rotatable bonds is 10. The summed E-state index contributed by atoms with van der Waals surface area (Å²) in [5, 5.41) is 7.05. The molecule has 0 radical (unpaired) electrons. The lowest BCUT2D eigenvalue weighted by molar-refractivity contribution is -0.131. The Bertz CT molecular complexity index is 1080. The number of nitrogens with two attached hydrogens (primary N) is 1. The predicted octanol–water partition coefficient (Wildman–Crippen LogP) is 2.70. The Morgan fingerprint density at radius 3 is 2.64 bits per heavy atom. The summed E-state index contributed by atoms with van der Waals surface area (Å²) >= 11 is 6.02. The Labute approximate surface area is 197 Å². The molecule has 2 fully saturated rings. The number of piperidine rings is 1. The predicted molar refractivity (Wildman–Crippen MR) is 125 cm³/mol. The van der Waals surface area contributed by atoms with Gasteiger partial charge in [-0.25, -0.2) is 0 Å². The average Bonchev–Trinajstić information content (AvgIpc) is 3.49. The topological polar surface area (TPSA) is 134 Å². The molecule has 5 N–H and O–H groups in total. The number of hydrogen-bond donors (Lipinski definition) is 4. The van der Waals surface area contributed by atoms with Crippen LogP contribution >= 0.6 is 11.6 Å². The van der Waals surface area contributed by atoms with E-state index in [1.54, 1.807) is 18.2 Å². The van der Waals surface area contributed by atoms with Crippen LogP contribution < -0.4 is 16.4 Å². The molecule has 8 nitrogen and oxygen atoms in total. The lowest BCUT2D eigenvalue weighted by Crippen LogP contribution is -2.44. The van der Waals surface area contributed by atoms with Crippen molar-refractivity contribution in [2.45, 2.75) is 51.0 Å². The van der Waals surface area contributed by atoms with Gasteiger partial charge in [-0.1, -0.05) is 30.5 Å². The standard InChI is InChI=1S/C24H29ClN4O4/c25-17-6-5-14-10-20(28-18(14)12-17)24(33)29-19(8-13-3-4-13)21(30)11-16(22(26)31)9-15-2-1-7-27-23(15)32/h5-6,10,12-13,15-16,19,28H,1-4,7-9,11H2,(H2,26,31)(H,27,32)(H,29,33)/t15-,16+,19-/m0/s1. The molecule has 4 rings (SSSR count). The number of amides is 3. The number of fused-ring (bicyclic) bond motifs is 1. The van der Waals surface area contributed by atoms with Crippen molar-refractivity contribution < 1.29 is 19.2 Å². The molecule has 3 atom stereocenters. The van der Waals surface area contributed by atoms with Crippen molar-refractivity contribution in [1.82, 2.24) is 15.6 Å². The van der Waals surface area contributed by atoms with Crippen LogP contribution in [0.15, 0.2) is 24.3 Å². The number of aromatic nitrogens is 1. The van der Waals surface area contributed by atoms with Gasteiger partial charge in [-0.05, 0) is 49.8 Å². The summed E-state index contributed by atoms with van der Waals surface area (Å²) < 4.78 is 0. The summed E-state index contributed by atoms with van der Waals surface area (Å²) in [4.78, 5) is 53.3. The van der Waals surface area contributed by atoms with Crippen molar-refractivity contribution in [2.24, 2.45) is 23.5 Å². The van der Waals surface area contributed by atoms with Crippen molar-refractivity contribution in [2.75, 3.05) is 6.54 Å². The van der Waals surface area contributed by atoms with E-state index in [9.17, 15) is 19.2 Å². The van der Waals surface area contributed by atoms with E-state index in [0.717, 1.165) is 30.2 Å². The van der Waals surface area contributed by atoms with Crippen LogP contribution in [-0.2, 0) is 14.4 Å². The summed E-state index contributed by atoms with van der Waals surface area (Å²) in [7, 11) is 0. The van der Waals surface area contributed by atoms with Gasteiger partial charge in [0.1, 0.15) is 5.69 Å². The van der Waals surface area contributed by atoms with Crippen LogP contribution in [0.4, 0.5) is 0 Å². The van der Waals surface area contributed by atoms with Crippen molar-refractivity contribution in [3.05, 3.63) is 35.0 Å². The zero-order chi connectivity index (χ0) is 23.5. The fourth-order valence-corrected chi connectivity index (χ4v) is 4.68. The minimum absolute atomic E-state index is 0.0842. The minimum atomic E-state index is -0.736. The van der Waals surface area contributed by atoms with Gasteiger partial charge in [0, 0.05) is 40.7 Å². The van der Waals surface area contributed by atoms with E-state index < -0.39 is 17.9 Å². The third kappa shape index (κ3) is 5.93. The highest BCUT2D eigenvalue weighted by molar-refractivity contribution is 6.31. The minimum Gasteiger partial charge on any atom is -0.369 e. The molecule has 3 amide bonds. The number of Topliss-reactive ketones (excluding diaryl/α,β-unsaturated/α-hetero) is 1. The Morgan fingerprint density at radius 1 is 1.15 bits per heavy atom. The van der Waals surface area contributed by atoms with Crippen molar-refractivity contribution in [3.8, 4) is 0 Å². The van der Waals surface area contributed by atoms with E-state index in [1.165, 1.54) is 0 Å². The molecule has 9 heteroatoms. The van der Waals surface area contributed by atoms with Crippen molar-refractivity contribution >= 4 is 46.0 Å². The highest BCUT2D eigenvalue weighted by Gasteiger charge is 2.34. The first-order valence-corrected chi connectivity index (χ1v) is 11.9. The Kier molecular flexibility index (Phi) is 7.02. The molecule has 176 valence electrons. The van der Waals surface area contributed by atoms with Crippen LogP contribution in [-0.4, -0.2) is 41.1 Å². The molecular weight excluding hydrogens is 444 g/mol. The van der Waals surface area contributed by atoms with E-state index in [0.29, 0.717) is 36.0 Å². The van der Waals surface area contributed by atoms with Crippen molar-refractivity contribution in [3.63, 3.8) is 0 Å². The van der Waals surface area contributed by atoms with Crippen molar-refractivity contribution in [1.29, 1.82) is 0 Å². The molecule has 1 saturated heterocycles. The second-order valence-corrected chi connectivity index (χ2v) is 9.69. The summed E-state index contributed by atoms with van der Waals surface area (Å²) in [6.07, 6.45) is 4.26. The summed E-state index contributed by atoms with van der Waals surface area (Å²) in [6.45, 7) is 0.630. The van der Waals surface area contributed by atoms with E-state index >= 15 is 0 Å². The SMILES string of the molecule is NC(=O)[C@@H](CC(=O)[C@H](CC1CC1)NC(=O)c1cc2ccc(Cl)cc2[nH]1)C[C@@H]1CCCNC1=O. The van der Waals surface area contributed by atoms with Gasteiger partial charge in [0.2, 0.25) is 11.8 Å². The second-order valence-electron chi connectivity index (χ2n) is 9.26. The zero-order valence-corrected chi connectivity index (χ0v) is 19.1. The van der Waals surface area contributed by atoms with Gasteiger partial charge in [-0.3, -0.25) is 19.2 Å². The molecule has 2 aliphatic rings. The van der Waals surface area contributed by atoms with Crippen LogP contribution in [0, 0.1) is 17.8 Å². The largest absolute Gasteiger partial charge is 0.369 e. The van der Waals surface area contributed by atoms with Gasteiger partial charge in [0.15, 0.2) is 5.78 Å². The Morgan fingerprint density at radius 2 is 1.94 bits per heavy atom. The molecule has 1 saturated carbocycles. The van der Waals surface area contributed by atoms with Gasteiger partial charge in [-0.2, -0.15) is 0 Å². The molecule has 33 heavy (non-hydrogen) atoms. The number of H-pyrrole nitrogens is 1. The monoisotopic (exact) mass is 472 g/mol. The van der Waals surface area contributed by atoms with Crippen LogP contribution in [0.2, 0.25) is 5.02 Å². The maximum absolute atomic E-state index is 13.2. The molecule has 1 aromatic carbocycles. The third-order valence-electron chi connectivity index (χ3n) is 6.61. The number of carbonyl (C=O) groups is 4.